The highest BCUT2D eigenvalue weighted by atomic mass is 16.4. The number of aromatic carboxylic acids is 1. The minimum atomic E-state index is -1.20. The normalized spacial score (nSPS) is 10.5. The Balaban J connectivity index is 2.00. The molecule has 2 N–H and O–H groups in total. The number of para-hydroxylation sites is 1. The van der Waals surface area contributed by atoms with Crippen molar-refractivity contribution < 1.29 is 14.7 Å². The third kappa shape index (κ3) is 3.67. The molecule has 0 bridgehead atoms. The zero-order valence-corrected chi connectivity index (χ0v) is 14.9. The summed E-state index contributed by atoms with van der Waals surface area (Å²) in [6, 6.07) is 15.6. The van der Waals surface area contributed by atoms with Crippen LogP contribution in [-0.2, 0) is 6.54 Å². The number of aryl methyl sites for hydroxylation is 1. The Labute approximate surface area is 156 Å². The van der Waals surface area contributed by atoms with Crippen molar-refractivity contribution in [2.24, 2.45) is 0 Å². The summed E-state index contributed by atoms with van der Waals surface area (Å²) in [6.45, 7) is 2.78. The fraction of sp³-hybridized carbons (Fsp3) is 0.190. The van der Waals surface area contributed by atoms with Gasteiger partial charge in [0.1, 0.15) is 5.69 Å². The van der Waals surface area contributed by atoms with Crippen LogP contribution < -0.4 is 5.32 Å². The average Bonchev–Trinajstić information content (AvgIpc) is 3.05. The number of benzene rings is 2. The van der Waals surface area contributed by atoms with Crippen molar-refractivity contribution in [3.63, 3.8) is 0 Å². The second-order valence-electron chi connectivity index (χ2n) is 6.23. The third-order valence-corrected chi connectivity index (χ3v) is 4.41. The second-order valence-corrected chi connectivity index (χ2v) is 6.23. The number of carboxylic acids is 1. The predicted octanol–water partition coefficient (Wildman–Crippen LogP) is 4.26. The van der Waals surface area contributed by atoms with E-state index in [0.717, 1.165) is 23.7 Å². The molecule has 0 aliphatic carbocycles. The number of carboxylic acid groups (broad SMARTS) is 1. The molecule has 27 heavy (non-hydrogen) atoms. The first-order valence-corrected chi connectivity index (χ1v) is 8.72. The zero-order valence-electron chi connectivity index (χ0n) is 14.9. The van der Waals surface area contributed by atoms with Gasteiger partial charge in [-0.2, -0.15) is 5.26 Å². The predicted molar refractivity (Wildman–Crippen MR) is 103 cm³/mol. The molecule has 0 saturated carbocycles. The number of amides is 1. The van der Waals surface area contributed by atoms with E-state index < -0.39 is 5.97 Å². The van der Waals surface area contributed by atoms with Gasteiger partial charge >= 0.3 is 5.97 Å². The topological polar surface area (TPSA) is 95.1 Å². The van der Waals surface area contributed by atoms with Crippen LogP contribution in [0, 0.1) is 11.3 Å². The van der Waals surface area contributed by atoms with Crippen molar-refractivity contribution >= 4 is 28.5 Å². The molecule has 0 atom stereocenters. The quantitative estimate of drug-likeness (QED) is 0.685. The average molecular weight is 361 g/mol. The van der Waals surface area contributed by atoms with Crippen molar-refractivity contribution in [3.05, 3.63) is 65.4 Å². The molecule has 3 rings (SSSR count). The summed E-state index contributed by atoms with van der Waals surface area (Å²) in [5.74, 6) is -1.58. The van der Waals surface area contributed by atoms with E-state index in [1.165, 1.54) is 18.2 Å². The maximum atomic E-state index is 12.9. The number of hydrogen-bond donors (Lipinski definition) is 2. The maximum absolute atomic E-state index is 12.9. The van der Waals surface area contributed by atoms with Gasteiger partial charge in [0.25, 0.3) is 5.91 Å². The Morgan fingerprint density at radius 3 is 2.67 bits per heavy atom. The van der Waals surface area contributed by atoms with Gasteiger partial charge in [0.2, 0.25) is 0 Å². The van der Waals surface area contributed by atoms with E-state index in [1.807, 2.05) is 41.0 Å². The molecule has 1 heterocycles. The molecule has 0 saturated heterocycles. The van der Waals surface area contributed by atoms with Gasteiger partial charge in [-0.05, 0) is 36.8 Å². The van der Waals surface area contributed by atoms with Crippen LogP contribution in [0.4, 0.5) is 5.69 Å². The van der Waals surface area contributed by atoms with Crippen molar-refractivity contribution in [2.45, 2.75) is 26.3 Å². The molecule has 1 aromatic heterocycles. The van der Waals surface area contributed by atoms with Crippen LogP contribution in [0.3, 0.4) is 0 Å². The Morgan fingerprint density at radius 2 is 1.96 bits per heavy atom. The standard InChI is InChI=1S/C21H19N3O3/c1-2-3-10-24-18-7-5-4-6-15(18)12-19(24)20(25)23-17-9-8-14(13-22)11-16(17)21(26)27/h4-9,11-12H,2-3,10H2,1H3,(H,23,25)(H,26,27). The highest BCUT2D eigenvalue weighted by molar-refractivity contribution is 6.09. The van der Waals surface area contributed by atoms with Gasteiger partial charge < -0.3 is 15.0 Å². The van der Waals surface area contributed by atoms with Crippen LogP contribution in [0.25, 0.3) is 10.9 Å². The lowest BCUT2D eigenvalue weighted by atomic mass is 10.1. The molecular weight excluding hydrogens is 342 g/mol. The van der Waals surface area contributed by atoms with Gasteiger partial charge in [0.15, 0.2) is 0 Å². The molecule has 3 aromatic rings. The molecular formula is C21H19N3O3. The summed E-state index contributed by atoms with van der Waals surface area (Å²) in [7, 11) is 0. The first kappa shape index (κ1) is 18.2. The molecule has 0 aliphatic heterocycles. The van der Waals surface area contributed by atoms with Crippen LogP contribution in [-0.4, -0.2) is 21.6 Å². The summed E-state index contributed by atoms with van der Waals surface area (Å²) in [4.78, 5) is 24.4. The molecule has 0 fully saturated rings. The number of rotatable bonds is 6. The van der Waals surface area contributed by atoms with Crippen molar-refractivity contribution in [3.8, 4) is 6.07 Å². The van der Waals surface area contributed by atoms with Gasteiger partial charge in [-0.25, -0.2) is 4.79 Å². The molecule has 6 heteroatoms. The lowest BCUT2D eigenvalue weighted by molar-refractivity contribution is 0.0698. The Morgan fingerprint density at radius 1 is 1.19 bits per heavy atom. The highest BCUT2D eigenvalue weighted by Crippen LogP contribution is 2.23. The lowest BCUT2D eigenvalue weighted by Gasteiger charge is -2.12. The van der Waals surface area contributed by atoms with E-state index in [1.54, 1.807) is 0 Å². The molecule has 0 unspecified atom stereocenters. The molecule has 0 spiro atoms. The summed E-state index contributed by atoms with van der Waals surface area (Å²) in [6.07, 6.45) is 1.92. The zero-order chi connectivity index (χ0) is 19.4. The fourth-order valence-corrected chi connectivity index (χ4v) is 3.04. The SMILES string of the molecule is CCCCn1c(C(=O)Nc2ccc(C#N)cc2C(=O)O)cc2ccccc21. The number of carbonyl (C=O) groups is 2. The number of fused-ring (bicyclic) bond motifs is 1. The van der Waals surface area contributed by atoms with E-state index in [2.05, 4.69) is 12.2 Å². The minimum absolute atomic E-state index is 0.112. The van der Waals surface area contributed by atoms with E-state index in [0.29, 0.717) is 12.2 Å². The number of nitrogens with one attached hydrogen (secondary N) is 1. The molecule has 2 aromatic carbocycles. The smallest absolute Gasteiger partial charge is 0.337 e. The lowest BCUT2D eigenvalue weighted by Crippen LogP contribution is -2.19. The number of nitriles is 1. The van der Waals surface area contributed by atoms with Crippen LogP contribution in [0.5, 0.6) is 0 Å². The maximum Gasteiger partial charge on any atom is 0.337 e. The summed E-state index contributed by atoms with van der Waals surface area (Å²) >= 11 is 0. The Hall–Kier alpha value is -3.59. The van der Waals surface area contributed by atoms with E-state index in [9.17, 15) is 14.7 Å². The Bertz CT molecular complexity index is 1060. The first-order chi connectivity index (χ1) is 13.0. The van der Waals surface area contributed by atoms with Crippen LogP contribution in [0.15, 0.2) is 48.5 Å². The number of nitrogens with zero attached hydrogens (tertiary/aromatic N) is 2. The van der Waals surface area contributed by atoms with E-state index in [4.69, 9.17) is 5.26 Å². The molecule has 0 radical (unpaired) electrons. The monoisotopic (exact) mass is 361 g/mol. The van der Waals surface area contributed by atoms with Crippen molar-refractivity contribution in [2.75, 3.05) is 5.32 Å². The largest absolute Gasteiger partial charge is 0.478 e. The number of anilines is 1. The van der Waals surface area contributed by atoms with Crippen molar-refractivity contribution in [1.82, 2.24) is 4.57 Å². The van der Waals surface area contributed by atoms with E-state index >= 15 is 0 Å². The van der Waals surface area contributed by atoms with Gasteiger partial charge in [-0.1, -0.05) is 31.5 Å². The van der Waals surface area contributed by atoms with Gasteiger partial charge in [-0.15, -0.1) is 0 Å². The van der Waals surface area contributed by atoms with Gasteiger partial charge in [-0.3, -0.25) is 4.79 Å². The van der Waals surface area contributed by atoms with Crippen molar-refractivity contribution in [1.29, 1.82) is 5.26 Å². The van der Waals surface area contributed by atoms with Gasteiger partial charge in [0.05, 0.1) is 22.9 Å². The summed E-state index contributed by atoms with van der Waals surface area (Å²) in [5, 5.41) is 22.0. The molecule has 1 amide bonds. The van der Waals surface area contributed by atoms with Crippen LogP contribution in [0.2, 0.25) is 0 Å². The number of carbonyl (C=O) groups excluding carboxylic acids is 1. The molecule has 0 aliphatic rings. The molecule has 136 valence electrons. The van der Waals surface area contributed by atoms with Crippen LogP contribution in [0.1, 0.15) is 46.2 Å². The number of hydrogen-bond acceptors (Lipinski definition) is 3. The number of unbranched alkanes of at least 4 members (excludes halogenated alkanes) is 1. The number of aromatic nitrogens is 1. The third-order valence-electron chi connectivity index (χ3n) is 4.41. The Kier molecular flexibility index (Phi) is 5.23. The first-order valence-electron chi connectivity index (χ1n) is 8.72. The van der Waals surface area contributed by atoms with Crippen LogP contribution >= 0.6 is 0 Å². The van der Waals surface area contributed by atoms with E-state index in [-0.39, 0.29) is 22.7 Å². The van der Waals surface area contributed by atoms with Gasteiger partial charge in [0, 0.05) is 17.4 Å². The minimum Gasteiger partial charge on any atom is -0.478 e. The summed E-state index contributed by atoms with van der Waals surface area (Å²) < 4.78 is 1.96. The highest BCUT2D eigenvalue weighted by Gasteiger charge is 2.18. The summed E-state index contributed by atoms with van der Waals surface area (Å²) in [5.41, 5.74) is 1.72. The fourth-order valence-electron chi connectivity index (χ4n) is 3.04. The molecule has 6 nitrogen and oxygen atoms in total. The second kappa shape index (κ2) is 7.75.